The van der Waals surface area contributed by atoms with Crippen LogP contribution >= 0.6 is 0 Å². The van der Waals surface area contributed by atoms with Gasteiger partial charge in [-0.2, -0.15) is 0 Å². The lowest BCUT2D eigenvalue weighted by Gasteiger charge is -2.15. The molecule has 0 saturated heterocycles. The van der Waals surface area contributed by atoms with Crippen LogP contribution in [0, 0.1) is 5.82 Å². The molecule has 1 amide bonds. The number of para-hydroxylation sites is 1. The maximum absolute atomic E-state index is 13.0. The van der Waals surface area contributed by atoms with Gasteiger partial charge in [-0.3, -0.25) is 9.52 Å². The molecule has 1 saturated carbocycles. The zero-order valence-electron chi connectivity index (χ0n) is 13.5. The van der Waals surface area contributed by atoms with Gasteiger partial charge in [-0.15, -0.1) is 0 Å². The number of sulfonamides is 1. The van der Waals surface area contributed by atoms with Crippen molar-refractivity contribution in [3.05, 3.63) is 59.9 Å². The van der Waals surface area contributed by atoms with E-state index in [9.17, 15) is 17.6 Å². The van der Waals surface area contributed by atoms with Gasteiger partial charge in [-0.1, -0.05) is 25.0 Å². The number of hydrogen-bond acceptors (Lipinski definition) is 3. The highest BCUT2D eigenvalue weighted by Crippen LogP contribution is 2.22. The molecule has 2 aromatic rings. The van der Waals surface area contributed by atoms with E-state index < -0.39 is 15.8 Å². The second-order valence-electron chi connectivity index (χ2n) is 6.06. The third kappa shape index (κ3) is 4.17. The van der Waals surface area contributed by atoms with Crippen molar-refractivity contribution in [2.75, 3.05) is 4.72 Å². The first-order chi connectivity index (χ1) is 12.0. The molecular formula is C18H19FN2O3S. The Balaban J connectivity index is 1.82. The van der Waals surface area contributed by atoms with E-state index in [0.717, 1.165) is 37.8 Å². The van der Waals surface area contributed by atoms with Crippen LogP contribution in [0.1, 0.15) is 36.0 Å². The van der Waals surface area contributed by atoms with Gasteiger partial charge in [0.25, 0.3) is 15.9 Å². The van der Waals surface area contributed by atoms with Crippen LogP contribution in [0.15, 0.2) is 53.4 Å². The Kier molecular flexibility index (Phi) is 5.03. The Morgan fingerprint density at radius 3 is 2.32 bits per heavy atom. The predicted octanol–water partition coefficient (Wildman–Crippen LogP) is 3.30. The van der Waals surface area contributed by atoms with Crippen LogP contribution in [0.25, 0.3) is 0 Å². The monoisotopic (exact) mass is 362 g/mol. The van der Waals surface area contributed by atoms with Crippen molar-refractivity contribution in [1.29, 1.82) is 0 Å². The van der Waals surface area contributed by atoms with Gasteiger partial charge in [-0.25, -0.2) is 12.8 Å². The molecule has 0 aliphatic heterocycles. The quantitative estimate of drug-likeness (QED) is 0.857. The summed E-state index contributed by atoms with van der Waals surface area (Å²) in [4.78, 5) is 12.4. The number of amides is 1. The highest BCUT2D eigenvalue weighted by Gasteiger charge is 2.22. The van der Waals surface area contributed by atoms with E-state index in [1.807, 2.05) is 0 Å². The summed E-state index contributed by atoms with van der Waals surface area (Å²) in [5.74, 6) is -0.820. The Labute approximate surface area is 146 Å². The Hall–Kier alpha value is -2.41. The van der Waals surface area contributed by atoms with Crippen molar-refractivity contribution < 1.29 is 17.6 Å². The first-order valence-electron chi connectivity index (χ1n) is 8.14. The lowest BCUT2D eigenvalue weighted by Crippen LogP contribution is -2.33. The Morgan fingerprint density at radius 1 is 1.00 bits per heavy atom. The number of anilines is 1. The third-order valence-electron chi connectivity index (χ3n) is 4.23. The topological polar surface area (TPSA) is 75.3 Å². The summed E-state index contributed by atoms with van der Waals surface area (Å²) in [5, 5.41) is 2.95. The molecule has 0 unspecified atom stereocenters. The highest BCUT2D eigenvalue weighted by atomic mass is 32.2. The van der Waals surface area contributed by atoms with Crippen molar-refractivity contribution in [2.45, 2.75) is 36.6 Å². The predicted molar refractivity (Wildman–Crippen MR) is 93.4 cm³/mol. The summed E-state index contributed by atoms with van der Waals surface area (Å²) < 4.78 is 40.3. The molecule has 1 fully saturated rings. The number of hydrogen-bond donors (Lipinski definition) is 2. The van der Waals surface area contributed by atoms with Gasteiger partial charge in [0.15, 0.2) is 0 Å². The Bertz CT molecular complexity index is 860. The molecular weight excluding hydrogens is 343 g/mol. The number of carbonyl (C=O) groups is 1. The average molecular weight is 362 g/mol. The number of halogens is 1. The number of carbonyl (C=O) groups excluding carboxylic acids is 1. The summed E-state index contributed by atoms with van der Waals surface area (Å²) in [6, 6.07) is 11.1. The molecule has 1 aliphatic rings. The molecule has 0 heterocycles. The van der Waals surface area contributed by atoms with Gasteiger partial charge < -0.3 is 5.32 Å². The molecule has 132 valence electrons. The van der Waals surface area contributed by atoms with Gasteiger partial charge in [0.2, 0.25) is 0 Å². The first-order valence-corrected chi connectivity index (χ1v) is 9.62. The SMILES string of the molecule is O=C(NC1CCCC1)c1ccccc1NS(=O)(=O)c1ccc(F)cc1. The number of nitrogens with one attached hydrogen (secondary N) is 2. The van der Waals surface area contributed by atoms with Gasteiger partial charge in [0.1, 0.15) is 5.82 Å². The van der Waals surface area contributed by atoms with Crippen LogP contribution in [0.3, 0.4) is 0 Å². The number of rotatable bonds is 5. The van der Waals surface area contributed by atoms with Crippen molar-refractivity contribution in [2.24, 2.45) is 0 Å². The molecule has 0 aromatic heterocycles. The molecule has 7 heteroatoms. The first kappa shape index (κ1) is 17.4. The van der Waals surface area contributed by atoms with Crippen LogP contribution in [0.4, 0.5) is 10.1 Å². The second-order valence-corrected chi connectivity index (χ2v) is 7.74. The summed E-state index contributed by atoms with van der Waals surface area (Å²) in [7, 11) is -3.91. The summed E-state index contributed by atoms with van der Waals surface area (Å²) in [6.45, 7) is 0. The minimum atomic E-state index is -3.91. The lowest BCUT2D eigenvalue weighted by molar-refractivity contribution is 0.0939. The molecule has 0 bridgehead atoms. The number of benzene rings is 2. The van der Waals surface area contributed by atoms with Crippen LogP contribution in [-0.4, -0.2) is 20.4 Å². The maximum Gasteiger partial charge on any atom is 0.261 e. The van der Waals surface area contributed by atoms with Gasteiger partial charge in [-0.05, 0) is 49.2 Å². The van der Waals surface area contributed by atoms with Crippen LogP contribution in [0.5, 0.6) is 0 Å². The van der Waals surface area contributed by atoms with Crippen molar-refractivity contribution in [1.82, 2.24) is 5.32 Å². The van der Waals surface area contributed by atoms with E-state index in [4.69, 9.17) is 0 Å². The van der Waals surface area contributed by atoms with Crippen molar-refractivity contribution in [3.63, 3.8) is 0 Å². The van der Waals surface area contributed by atoms with Crippen molar-refractivity contribution >= 4 is 21.6 Å². The van der Waals surface area contributed by atoms with E-state index >= 15 is 0 Å². The third-order valence-corrected chi connectivity index (χ3v) is 5.61. The fourth-order valence-corrected chi connectivity index (χ4v) is 4.00. The minimum absolute atomic E-state index is 0.0695. The molecule has 0 spiro atoms. The molecule has 5 nitrogen and oxygen atoms in total. The molecule has 2 N–H and O–H groups in total. The van der Waals surface area contributed by atoms with E-state index in [-0.39, 0.29) is 28.1 Å². The Morgan fingerprint density at radius 2 is 1.64 bits per heavy atom. The molecule has 25 heavy (non-hydrogen) atoms. The zero-order valence-corrected chi connectivity index (χ0v) is 14.4. The van der Waals surface area contributed by atoms with Crippen LogP contribution in [-0.2, 0) is 10.0 Å². The molecule has 0 radical (unpaired) electrons. The maximum atomic E-state index is 13.0. The molecule has 3 rings (SSSR count). The van der Waals surface area contributed by atoms with Crippen LogP contribution in [0.2, 0.25) is 0 Å². The standard InChI is InChI=1S/C18H19FN2O3S/c19-13-9-11-15(12-10-13)25(23,24)21-17-8-4-3-7-16(17)18(22)20-14-5-1-2-6-14/h3-4,7-12,14,21H,1-2,5-6H2,(H,20,22). The van der Waals surface area contributed by atoms with Gasteiger partial charge >= 0.3 is 0 Å². The second kappa shape index (κ2) is 7.23. The van der Waals surface area contributed by atoms with E-state index in [1.54, 1.807) is 18.2 Å². The molecule has 0 atom stereocenters. The summed E-state index contributed by atoms with van der Waals surface area (Å²) in [5.41, 5.74) is 0.461. The normalized spacial score (nSPS) is 15.1. The molecule has 2 aromatic carbocycles. The molecule has 1 aliphatic carbocycles. The fourth-order valence-electron chi connectivity index (χ4n) is 2.92. The highest BCUT2D eigenvalue weighted by molar-refractivity contribution is 7.92. The van der Waals surface area contributed by atoms with Gasteiger partial charge in [0, 0.05) is 6.04 Å². The van der Waals surface area contributed by atoms with E-state index in [1.165, 1.54) is 18.2 Å². The lowest BCUT2D eigenvalue weighted by atomic mass is 10.1. The van der Waals surface area contributed by atoms with Gasteiger partial charge in [0.05, 0.1) is 16.1 Å². The van der Waals surface area contributed by atoms with E-state index in [0.29, 0.717) is 0 Å². The zero-order chi connectivity index (χ0) is 17.9. The average Bonchev–Trinajstić information content (AvgIpc) is 3.08. The summed E-state index contributed by atoms with van der Waals surface area (Å²) in [6.07, 6.45) is 4.05. The summed E-state index contributed by atoms with van der Waals surface area (Å²) >= 11 is 0. The van der Waals surface area contributed by atoms with Crippen molar-refractivity contribution in [3.8, 4) is 0 Å². The van der Waals surface area contributed by atoms with E-state index in [2.05, 4.69) is 10.0 Å². The minimum Gasteiger partial charge on any atom is -0.349 e. The smallest absolute Gasteiger partial charge is 0.261 e. The van der Waals surface area contributed by atoms with Crippen LogP contribution < -0.4 is 10.0 Å². The fraction of sp³-hybridized carbons (Fsp3) is 0.278. The largest absolute Gasteiger partial charge is 0.349 e.